The molecule has 0 radical (unpaired) electrons. The van der Waals surface area contributed by atoms with E-state index in [1.807, 2.05) is 6.92 Å². The fourth-order valence-corrected chi connectivity index (χ4v) is 2.52. The van der Waals surface area contributed by atoms with Crippen LogP contribution < -0.4 is 0 Å². The summed E-state index contributed by atoms with van der Waals surface area (Å²) in [5.41, 5.74) is -0.305. The van der Waals surface area contributed by atoms with Gasteiger partial charge in [-0.2, -0.15) is 0 Å². The van der Waals surface area contributed by atoms with Crippen LogP contribution in [0.3, 0.4) is 0 Å². The Morgan fingerprint density at radius 3 is 2.47 bits per heavy atom. The number of phenols is 1. The molecule has 0 unspecified atom stereocenters. The number of aliphatic carboxylic acids is 1. The predicted octanol–water partition coefficient (Wildman–Crippen LogP) is 2.14. The van der Waals surface area contributed by atoms with Gasteiger partial charge in [-0.25, -0.2) is 0 Å². The number of rotatable bonds is 2. The summed E-state index contributed by atoms with van der Waals surface area (Å²) >= 11 is 0. The summed E-state index contributed by atoms with van der Waals surface area (Å²) in [7, 11) is 0. The second-order valence-corrected chi connectivity index (χ2v) is 4.42. The van der Waals surface area contributed by atoms with Crippen molar-refractivity contribution in [1.82, 2.24) is 0 Å². The molecule has 0 atom stereocenters. The summed E-state index contributed by atoms with van der Waals surface area (Å²) < 4.78 is 0. The lowest BCUT2D eigenvalue weighted by Gasteiger charge is -2.43. The van der Waals surface area contributed by atoms with Crippen LogP contribution in [0.1, 0.15) is 25.3 Å². The van der Waals surface area contributed by atoms with E-state index < -0.39 is 11.4 Å². The third-order valence-corrected chi connectivity index (χ3v) is 3.22. The van der Waals surface area contributed by atoms with Gasteiger partial charge in [0.05, 0.1) is 5.41 Å². The van der Waals surface area contributed by atoms with Crippen LogP contribution in [0.2, 0.25) is 0 Å². The minimum Gasteiger partial charge on any atom is -0.508 e. The molecule has 0 aliphatic heterocycles. The highest BCUT2D eigenvalue weighted by Gasteiger charge is 2.51. The van der Waals surface area contributed by atoms with E-state index in [2.05, 4.69) is 0 Å². The Bertz CT molecular complexity index is 392. The average molecular weight is 206 g/mol. The van der Waals surface area contributed by atoms with Gasteiger partial charge in [-0.3, -0.25) is 4.79 Å². The van der Waals surface area contributed by atoms with Gasteiger partial charge in [0.15, 0.2) is 0 Å². The van der Waals surface area contributed by atoms with Crippen LogP contribution in [0.25, 0.3) is 0 Å². The first-order chi connectivity index (χ1) is 7.06. The lowest BCUT2D eigenvalue weighted by molar-refractivity contribution is -0.149. The highest BCUT2D eigenvalue weighted by Crippen LogP contribution is 2.50. The van der Waals surface area contributed by atoms with Crippen LogP contribution in [0.4, 0.5) is 0 Å². The van der Waals surface area contributed by atoms with E-state index in [9.17, 15) is 15.0 Å². The first-order valence-electron chi connectivity index (χ1n) is 5.08. The Hall–Kier alpha value is -1.51. The van der Waals surface area contributed by atoms with Crippen molar-refractivity contribution in [2.75, 3.05) is 0 Å². The Morgan fingerprint density at radius 1 is 1.40 bits per heavy atom. The quantitative estimate of drug-likeness (QED) is 0.779. The predicted molar refractivity (Wildman–Crippen MR) is 55.8 cm³/mol. The zero-order valence-corrected chi connectivity index (χ0v) is 8.60. The molecule has 0 spiro atoms. The van der Waals surface area contributed by atoms with Crippen molar-refractivity contribution < 1.29 is 15.0 Å². The minimum atomic E-state index is -0.856. The molecule has 0 saturated heterocycles. The van der Waals surface area contributed by atoms with Crippen molar-refractivity contribution >= 4 is 5.97 Å². The van der Waals surface area contributed by atoms with Gasteiger partial charge in [0.2, 0.25) is 0 Å². The lowest BCUT2D eigenvalue weighted by atomic mass is 9.59. The maximum atomic E-state index is 11.3. The molecule has 3 nitrogen and oxygen atoms in total. The molecule has 0 bridgehead atoms. The highest BCUT2D eigenvalue weighted by molar-refractivity contribution is 5.83. The summed E-state index contributed by atoms with van der Waals surface area (Å²) in [5.74, 6) is -0.324. The molecule has 80 valence electrons. The Morgan fingerprint density at radius 2 is 2.00 bits per heavy atom. The largest absolute Gasteiger partial charge is 0.508 e. The second-order valence-electron chi connectivity index (χ2n) is 4.42. The SMILES string of the molecule is CC1CC(C(=O)O)(c2ccccc2O)C1. The number of phenolic OH excluding ortho intramolecular Hbond substituents is 1. The molecule has 1 aromatic carbocycles. The molecule has 1 aliphatic carbocycles. The fraction of sp³-hybridized carbons (Fsp3) is 0.417. The number of para-hydroxylation sites is 1. The van der Waals surface area contributed by atoms with E-state index in [-0.39, 0.29) is 5.75 Å². The molecule has 2 rings (SSSR count). The molecular formula is C12H14O3. The first-order valence-corrected chi connectivity index (χ1v) is 5.08. The zero-order valence-electron chi connectivity index (χ0n) is 8.60. The molecule has 0 aromatic heterocycles. The number of hydrogen-bond donors (Lipinski definition) is 2. The number of carboxylic acids is 1. The van der Waals surface area contributed by atoms with Crippen LogP contribution >= 0.6 is 0 Å². The Balaban J connectivity index is 2.43. The van der Waals surface area contributed by atoms with Gasteiger partial charge in [-0.05, 0) is 24.8 Å². The third kappa shape index (κ3) is 1.39. The summed E-state index contributed by atoms with van der Waals surface area (Å²) in [6, 6.07) is 6.72. The van der Waals surface area contributed by atoms with E-state index in [1.165, 1.54) is 0 Å². The summed E-state index contributed by atoms with van der Waals surface area (Å²) in [6.45, 7) is 2.03. The van der Waals surface area contributed by atoms with Gasteiger partial charge in [0, 0.05) is 5.56 Å². The number of benzene rings is 1. The van der Waals surface area contributed by atoms with Gasteiger partial charge in [0.25, 0.3) is 0 Å². The monoisotopic (exact) mass is 206 g/mol. The topological polar surface area (TPSA) is 57.5 Å². The Kier molecular flexibility index (Phi) is 2.18. The number of hydrogen-bond acceptors (Lipinski definition) is 2. The smallest absolute Gasteiger partial charge is 0.314 e. The zero-order chi connectivity index (χ0) is 11.1. The van der Waals surface area contributed by atoms with Crippen molar-refractivity contribution in [2.24, 2.45) is 5.92 Å². The minimum absolute atomic E-state index is 0.0896. The van der Waals surface area contributed by atoms with Crippen LogP contribution in [0.5, 0.6) is 5.75 Å². The maximum absolute atomic E-state index is 11.3. The molecule has 1 aliphatic rings. The lowest BCUT2D eigenvalue weighted by Crippen LogP contribution is -2.46. The van der Waals surface area contributed by atoms with E-state index in [0.717, 1.165) is 0 Å². The van der Waals surface area contributed by atoms with Gasteiger partial charge in [0.1, 0.15) is 5.75 Å². The van der Waals surface area contributed by atoms with E-state index >= 15 is 0 Å². The van der Waals surface area contributed by atoms with Crippen molar-refractivity contribution in [3.63, 3.8) is 0 Å². The molecule has 1 saturated carbocycles. The van der Waals surface area contributed by atoms with Crippen LogP contribution in [-0.2, 0) is 10.2 Å². The fourth-order valence-electron chi connectivity index (χ4n) is 2.52. The van der Waals surface area contributed by atoms with Gasteiger partial charge in [-0.15, -0.1) is 0 Å². The van der Waals surface area contributed by atoms with E-state index in [4.69, 9.17) is 0 Å². The molecule has 1 aromatic rings. The van der Waals surface area contributed by atoms with Gasteiger partial charge in [-0.1, -0.05) is 25.1 Å². The molecule has 2 N–H and O–H groups in total. The molecular weight excluding hydrogens is 192 g/mol. The molecule has 0 amide bonds. The van der Waals surface area contributed by atoms with Gasteiger partial charge >= 0.3 is 5.97 Å². The Labute approximate surface area is 88.4 Å². The number of carbonyl (C=O) groups is 1. The highest BCUT2D eigenvalue weighted by atomic mass is 16.4. The number of aromatic hydroxyl groups is 1. The maximum Gasteiger partial charge on any atom is 0.314 e. The second kappa shape index (κ2) is 3.26. The van der Waals surface area contributed by atoms with E-state index in [1.54, 1.807) is 24.3 Å². The number of carboxylic acid groups (broad SMARTS) is 1. The summed E-state index contributed by atoms with van der Waals surface area (Å²) in [4.78, 5) is 11.3. The van der Waals surface area contributed by atoms with Crippen molar-refractivity contribution in [3.8, 4) is 5.75 Å². The van der Waals surface area contributed by atoms with Crippen molar-refractivity contribution in [3.05, 3.63) is 29.8 Å². The summed E-state index contributed by atoms with van der Waals surface area (Å²) in [6.07, 6.45) is 1.22. The van der Waals surface area contributed by atoms with Crippen molar-refractivity contribution in [1.29, 1.82) is 0 Å². The van der Waals surface area contributed by atoms with Crippen LogP contribution in [0, 0.1) is 5.92 Å². The summed E-state index contributed by atoms with van der Waals surface area (Å²) in [5, 5.41) is 19.0. The van der Waals surface area contributed by atoms with Gasteiger partial charge < -0.3 is 10.2 Å². The molecule has 3 heteroatoms. The van der Waals surface area contributed by atoms with Crippen LogP contribution in [0.15, 0.2) is 24.3 Å². The normalized spacial score (nSPS) is 29.5. The third-order valence-electron chi connectivity index (χ3n) is 3.22. The van der Waals surface area contributed by atoms with Crippen LogP contribution in [-0.4, -0.2) is 16.2 Å². The molecule has 1 fully saturated rings. The standard InChI is InChI=1S/C12H14O3/c1-8-6-12(7-8,11(14)15)9-4-2-3-5-10(9)13/h2-5,8,13H,6-7H2,1H3,(H,14,15). The molecule has 0 heterocycles. The van der Waals surface area contributed by atoms with E-state index in [0.29, 0.717) is 24.3 Å². The van der Waals surface area contributed by atoms with Crippen molar-refractivity contribution in [2.45, 2.75) is 25.2 Å². The average Bonchev–Trinajstić information content (AvgIpc) is 2.13. The first kappa shape index (κ1) is 10.0. The molecule has 15 heavy (non-hydrogen) atoms.